The van der Waals surface area contributed by atoms with E-state index in [9.17, 15) is 9.59 Å². The minimum absolute atomic E-state index is 0.0453. The molecule has 2 aromatic rings. The SMILES string of the molecule is O=C(NCc1ccc(Cl)cc1Cl)[C@H]1CC(=O)N(Cc2ccco2)C1. The summed E-state index contributed by atoms with van der Waals surface area (Å²) in [4.78, 5) is 26.0. The Kier molecular flexibility index (Phi) is 5.11. The van der Waals surface area contributed by atoms with Crippen LogP contribution in [0.1, 0.15) is 17.7 Å². The lowest BCUT2D eigenvalue weighted by Crippen LogP contribution is -2.32. The number of nitrogens with zero attached hydrogens (tertiary/aromatic N) is 1. The third-order valence-corrected chi connectivity index (χ3v) is 4.57. The summed E-state index contributed by atoms with van der Waals surface area (Å²) >= 11 is 11.9. The van der Waals surface area contributed by atoms with Crippen LogP contribution in [0, 0.1) is 5.92 Å². The summed E-state index contributed by atoms with van der Waals surface area (Å²) in [7, 11) is 0. The number of rotatable bonds is 5. The molecule has 0 unspecified atom stereocenters. The predicted octanol–water partition coefficient (Wildman–Crippen LogP) is 3.25. The smallest absolute Gasteiger partial charge is 0.225 e. The van der Waals surface area contributed by atoms with Crippen molar-refractivity contribution >= 4 is 35.0 Å². The molecule has 1 aromatic heterocycles. The van der Waals surface area contributed by atoms with Gasteiger partial charge in [-0.3, -0.25) is 9.59 Å². The summed E-state index contributed by atoms with van der Waals surface area (Å²) in [5.74, 6) is 0.142. The molecule has 1 aliphatic rings. The fourth-order valence-electron chi connectivity index (χ4n) is 2.68. The first-order valence-electron chi connectivity index (χ1n) is 7.54. The van der Waals surface area contributed by atoms with Crippen molar-refractivity contribution in [2.24, 2.45) is 5.92 Å². The van der Waals surface area contributed by atoms with Crippen LogP contribution in [0.25, 0.3) is 0 Å². The van der Waals surface area contributed by atoms with E-state index in [1.165, 1.54) is 0 Å². The number of nitrogens with one attached hydrogen (secondary N) is 1. The molecule has 0 saturated carbocycles. The highest BCUT2D eigenvalue weighted by atomic mass is 35.5. The Morgan fingerprint density at radius 2 is 2.17 bits per heavy atom. The molecule has 5 nitrogen and oxygen atoms in total. The molecule has 3 rings (SSSR count). The van der Waals surface area contributed by atoms with Gasteiger partial charge < -0.3 is 14.6 Å². The molecule has 2 heterocycles. The second-order valence-electron chi connectivity index (χ2n) is 5.71. The zero-order valence-corrected chi connectivity index (χ0v) is 14.3. The fourth-order valence-corrected chi connectivity index (χ4v) is 3.16. The number of hydrogen-bond acceptors (Lipinski definition) is 3. The molecule has 1 atom stereocenters. The van der Waals surface area contributed by atoms with Crippen molar-refractivity contribution in [3.8, 4) is 0 Å². The Hall–Kier alpha value is -1.98. The van der Waals surface area contributed by atoms with E-state index in [2.05, 4.69) is 5.32 Å². The number of halogens is 2. The van der Waals surface area contributed by atoms with Gasteiger partial charge in [0.05, 0.1) is 18.7 Å². The van der Waals surface area contributed by atoms with Crippen LogP contribution < -0.4 is 5.32 Å². The maximum Gasteiger partial charge on any atom is 0.225 e. The molecular weight excluding hydrogens is 351 g/mol. The van der Waals surface area contributed by atoms with Crippen LogP contribution >= 0.6 is 23.2 Å². The average Bonchev–Trinajstić information content (AvgIpc) is 3.17. The molecule has 1 aliphatic heterocycles. The molecule has 0 spiro atoms. The summed E-state index contributed by atoms with van der Waals surface area (Å²) in [5.41, 5.74) is 0.784. The van der Waals surface area contributed by atoms with Gasteiger partial charge in [0.15, 0.2) is 0 Å². The van der Waals surface area contributed by atoms with Gasteiger partial charge in [-0.2, -0.15) is 0 Å². The van der Waals surface area contributed by atoms with Gasteiger partial charge in [-0.15, -0.1) is 0 Å². The van der Waals surface area contributed by atoms with Gasteiger partial charge in [-0.05, 0) is 29.8 Å². The van der Waals surface area contributed by atoms with Crippen LogP contribution in [0.4, 0.5) is 0 Å². The summed E-state index contributed by atoms with van der Waals surface area (Å²) < 4.78 is 5.25. The first kappa shape index (κ1) is 16.9. The zero-order chi connectivity index (χ0) is 17.1. The maximum absolute atomic E-state index is 12.3. The van der Waals surface area contributed by atoms with E-state index in [4.69, 9.17) is 27.6 Å². The van der Waals surface area contributed by atoms with Crippen molar-refractivity contribution in [3.05, 3.63) is 58.0 Å². The minimum atomic E-state index is -0.362. The van der Waals surface area contributed by atoms with E-state index in [1.54, 1.807) is 35.4 Å². The van der Waals surface area contributed by atoms with Crippen LogP contribution in [0.15, 0.2) is 41.0 Å². The van der Waals surface area contributed by atoms with Crippen molar-refractivity contribution in [2.75, 3.05) is 6.54 Å². The van der Waals surface area contributed by atoms with Gasteiger partial charge >= 0.3 is 0 Å². The molecule has 0 radical (unpaired) electrons. The highest BCUT2D eigenvalue weighted by Gasteiger charge is 2.34. The van der Waals surface area contributed by atoms with Gasteiger partial charge in [0.1, 0.15) is 5.76 Å². The molecule has 0 bridgehead atoms. The summed E-state index contributed by atoms with van der Waals surface area (Å²) in [6.45, 7) is 1.08. The maximum atomic E-state index is 12.3. The Labute approximate surface area is 149 Å². The topological polar surface area (TPSA) is 62.6 Å². The molecule has 1 N–H and O–H groups in total. The number of carbonyl (C=O) groups is 2. The lowest BCUT2D eigenvalue weighted by atomic mass is 10.1. The lowest BCUT2D eigenvalue weighted by Gasteiger charge is -2.15. The third-order valence-electron chi connectivity index (χ3n) is 3.98. The molecule has 1 aromatic carbocycles. The highest BCUT2D eigenvalue weighted by Crippen LogP contribution is 2.23. The van der Waals surface area contributed by atoms with E-state index >= 15 is 0 Å². The van der Waals surface area contributed by atoms with Gasteiger partial charge in [-0.25, -0.2) is 0 Å². The quantitative estimate of drug-likeness (QED) is 0.883. The molecule has 7 heteroatoms. The Balaban J connectivity index is 1.55. The van der Waals surface area contributed by atoms with E-state index < -0.39 is 0 Å². The van der Waals surface area contributed by atoms with Gasteiger partial charge in [0.2, 0.25) is 11.8 Å². The van der Waals surface area contributed by atoms with Crippen LogP contribution in [0.5, 0.6) is 0 Å². The van der Waals surface area contributed by atoms with Crippen molar-refractivity contribution in [2.45, 2.75) is 19.5 Å². The molecular formula is C17H16Cl2N2O3. The van der Waals surface area contributed by atoms with E-state index in [1.807, 2.05) is 6.07 Å². The van der Waals surface area contributed by atoms with E-state index in [-0.39, 0.29) is 24.2 Å². The predicted molar refractivity (Wildman–Crippen MR) is 90.5 cm³/mol. The number of benzene rings is 1. The van der Waals surface area contributed by atoms with Gasteiger partial charge in [0.25, 0.3) is 0 Å². The van der Waals surface area contributed by atoms with Crippen molar-refractivity contribution in [1.29, 1.82) is 0 Å². The standard InChI is InChI=1S/C17H16Cl2N2O3/c18-13-4-3-11(15(19)7-13)8-20-17(23)12-6-16(22)21(9-12)10-14-2-1-5-24-14/h1-5,7,12H,6,8-10H2,(H,20,23)/t12-/m0/s1. The normalized spacial score (nSPS) is 17.3. The van der Waals surface area contributed by atoms with Crippen LogP contribution in [-0.4, -0.2) is 23.3 Å². The second-order valence-corrected chi connectivity index (χ2v) is 6.55. The largest absolute Gasteiger partial charge is 0.467 e. The summed E-state index contributed by atoms with van der Waals surface area (Å²) in [6.07, 6.45) is 1.77. The molecule has 24 heavy (non-hydrogen) atoms. The minimum Gasteiger partial charge on any atom is -0.467 e. The highest BCUT2D eigenvalue weighted by molar-refractivity contribution is 6.35. The van der Waals surface area contributed by atoms with Crippen molar-refractivity contribution < 1.29 is 14.0 Å². The number of likely N-dealkylation sites (tertiary alicyclic amines) is 1. The van der Waals surface area contributed by atoms with Gasteiger partial charge in [0, 0.05) is 29.6 Å². The first-order chi connectivity index (χ1) is 11.5. The number of furan rings is 1. The van der Waals surface area contributed by atoms with Crippen molar-refractivity contribution in [1.82, 2.24) is 10.2 Å². The molecule has 2 amide bonds. The van der Waals surface area contributed by atoms with Crippen LogP contribution in [-0.2, 0) is 22.7 Å². The van der Waals surface area contributed by atoms with Crippen molar-refractivity contribution in [3.63, 3.8) is 0 Å². The second kappa shape index (κ2) is 7.28. The number of amides is 2. The number of hydrogen-bond donors (Lipinski definition) is 1. The average molecular weight is 367 g/mol. The molecule has 0 aliphatic carbocycles. The monoisotopic (exact) mass is 366 g/mol. The molecule has 126 valence electrons. The number of carbonyl (C=O) groups excluding carboxylic acids is 2. The zero-order valence-electron chi connectivity index (χ0n) is 12.8. The fraction of sp³-hybridized carbons (Fsp3) is 0.294. The Morgan fingerprint density at radius 1 is 1.33 bits per heavy atom. The first-order valence-corrected chi connectivity index (χ1v) is 8.30. The van der Waals surface area contributed by atoms with Crippen LogP contribution in [0.2, 0.25) is 10.0 Å². The van der Waals surface area contributed by atoms with Gasteiger partial charge in [-0.1, -0.05) is 29.3 Å². The van der Waals surface area contributed by atoms with E-state index in [0.29, 0.717) is 35.4 Å². The summed E-state index contributed by atoms with van der Waals surface area (Å²) in [5, 5.41) is 3.88. The molecule has 1 saturated heterocycles. The Bertz CT molecular complexity index is 746. The lowest BCUT2D eigenvalue weighted by molar-refractivity contribution is -0.129. The van der Waals surface area contributed by atoms with Crippen LogP contribution in [0.3, 0.4) is 0 Å². The van der Waals surface area contributed by atoms with E-state index in [0.717, 1.165) is 5.56 Å². The summed E-state index contributed by atoms with van der Waals surface area (Å²) in [6, 6.07) is 8.71. The Morgan fingerprint density at radius 3 is 2.88 bits per heavy atom. The third kappa shape index (κ3) is 3.91. The molecule has 1 fully saturated rings.